The molecule has 9 heteroatoms. The van der Waals surface area contributed by atoms with E-state index in [1.54, 1.807) is 0 Å². The molecule has 0 unspecified atom stereocenters. The minimum Gasteiger partial charge on any atom is -0.726 e. The van der Waals surface area contributed by atoms with Crippen LogP contribution in [0.5, 0.6) is 0 Å². The zero-order chi connectivity index (χ0) is 7.21. The largest absolute Gasteiger partial charge is 1.00 e. The van der Waals surface area contributed by atoms with Crippen molar-refractivity contribution in [2.75, 3.05) is 0 Å². The van der Waals surface area contributed by atoms with Gasteiger partial charge in [0.2, 0.25) is 10.4 Å². The molecule has 0 aliphatic heterocycles. The molecule has 0 heterocycles. The van der Waals surface area contributed by atoms with Gasteiger partial charge in [-0.15, -0.1) is 0 Å². The van der Waals surface area contributed by atoms with Crippen LogP contribution in [0, 0.1) is 0 Å². The van der Waals surface area contributed by atoms with Gasteiger partial charge in [-0.25, -0.2) is 8.42 Å². The van der Waals surface area contributed by atoms with Crippen molar-refractivity contribution in [3.05, 3.63) is 0 Å². The van der Waals surface area contributed by atoms with Crippen molar-refractivity contribution in [3.63, 3.8) is 0 Å². The first kappa shape index (κ1) is 16.6. The molecule has 0 fully saturated rings. The molecule has 0 aromatic carbocycles. The Morgan fingerprint density at radius 3 is 1.33 bits per heavy atom. The molecule has 0 saturated heterocycles. The second-order valence-corrected chi connectivity index (χ2v) is 1.53. The molecule has 52 valence electrons. The summed E-state index contributed by atoms with van der Waals surface area (Å²) in [5, 5.41) is 0. The second kappa shape index (κ2) is 9.14. The molecule has 0 saturated carbocycles. The Hall–Kier alpha value is 1.14. The van der Waals surface area contributed by atoms with Crippen LogP contribution < -0.4 is 29.6 Å². The molecular weight excluding hydrogens is 183 g/mol. The monoisotopic (exact) mass is 186 g/mol. The van der Waals surface area contributed by atoms with Gasteiger partial charge in [-0.05, 0) is 0 Å². The molecule has 0 spiro atoms. The van der Waals surface area contributed by atoms with Gasteiger partial charge in [0.25, 0.3) is 0 Å². The second-order valence-electron chi connectivity index (χ2n) is 0.509. The van der Waals surface area contributed by atoms with E-state index in [4.69, 9.17) is 26.6 Å². The number of rotatable bonds is 0. The Labute approximate surface area is 78.6 Å². The summed E-state index contributed by atoms with van der Waals surface area (Å²) < 4.78 is 46.9. The minimum absolute atomic E-state index is 0. The van der Waals surface area contributed by atoms with Gasteiger partial charge in [0, 0.05) is 0 Å². The summed E-state index contributed by atoms with van der Waals surface area (Å²) in [4.78, 5) is 0. The Bertz CT molecular complexity index is 105. The van der Waals surface area contributed by atoms with Gasteiger partial charge in [0.1, 0.15) is 0 Å². The average Bonchev–Trinajstić information content (AvgIpc) is 1.27. The van der Waals surface area contributed by atoms with Gasteiger partial charge < -0.3 is 13.7 Å². The van der Waals surface area contributed by atoms with Gasteiger partial charge in [-0.2, -0.15) is 0 Å². The summed E-state index contributed by atoms with van der Waals surface area (Å²) in [5.41, 5.74) is 0. The van der Waals surface area contributed by atoms with Crippen LogP contribution in [0.3, 0.4) is 0 Å². The fraction of sp³-hybridized carbons (Fsp3) is 0. The smallest absolute Gasteiger partial charge is 0.726 e. The Morgan fingerprint density at radius 2 is 1.33 bits per heavy atom. The first-order valence-corrected chi connectivity index (χ1v) is 3.14. The molecule has 0 aliphatic rings. The fourth-order valence-electron chi connectivity index (χ4n) is 0. The molecule has 9 heavy (non-hydrogen) atoms. The van der Waals surface area contributed by atoms with E-state index in [9.17, 15) is 0 Å². The Morgan fingerprint density at radius 1 is 1.33 bits per heavy atom. The molecule has 0 aromatic rings. The maximum absolute atomic E-state index is 8.63. The van der Waals surface area contributed by atoms with E-state index in [0.29, 0.717) is 0 Å². The van der Waals surface area contributed by atoms with Crippen LogP contribution >= 0.6 is 12.3 Å². The molecule has 3 N–H and O–H groups in total. The summed E-state index contributed by atoms with van der Waals surface area (Å²) in [6.45, 7) is 0. The molecule has 0 aromatic heterocycles. The van der Waals surface area contributed by atoms with E-state index in [1.807, 2.05) is 0 Å². The summed E-state index contributed by atoms with van der Waals surface area (Å²) in [6.07, 6.45) is 0. The van der Waals surface area contributed by atoms with Gasteiger partial charge >= 0.3 is 29.6 Å². The fourth-order valence-corrected chi connectivity index (χ4v) is 0. The van der Waals surface area contributed by atoms with Crippen molar-refractivity contribution in [3.8, 4) is 0 Å². The van der Waals surface area contributed by atoms with Crippen LogP contribution in [0.25, 0.3) is 0 Å². The van der Waals surface area contributed by atoms with E-state index < -0.39 is 10.4 Å². The minimum atomic E-state index is -4.92. The molecule has 0 atom stereocenters. The molecule has 0 bridgehead atoms. The molecule has 0 rings (SSSR count). The molecule has 0 radical (unpaired) electrons. The summed E-state index contributed by atoms with van der Waals surface area (Å²) in [5.74, 6) is 0. The normalized spacial score (nSPS) is 8.44. The topological polar surface area (TPSA) is 118 Å². The van der Waals surface area contributed by atoms with E-state index in [-0.39, 0.29) is 41.9 Å². The number of hydrogen-bond donors (Lipinski definition) is 3. The van der Waals surface area contributed by atoms with Crippen LogP contribution in [0.2, 0.25) is 0 Å². The van der Waals surface area contributed by atoms with Crippen molar-refractivity contribution in [1.29, 1.82) is 0 Å². The van der Waals surface area contributed by atoms with Crippen LogP contribution in [0.15, 0.2) is 0 Å². The van der Waals surface area contributed by atoms with Crippen molar-refractivity contribution in [2.24, 2.45) is 0 Å². The van der Waals surface area contributed by atoms with Crippen LogP contribution in [0.1, 0.15) is 0 Å². The van der Waals surface area contributed by atoms with Crippen molar-refractivity contribution in [1.82, 2.24) is 0 Å². The summed E-state index contributed by atoms with van der Waals surface area (Å²) in [6, 6.07) is 0. The third-order valence-corrected chi connectivity index (χ3v) is 0. The van der Waals surface area contributed by atoms with Gasteiger partial charge in [-0.1, -0.05) is 0 Å². The standard InChI is InChI=1S/Na.H2O4S.H2O2S/c;1-5(2,3)4;1-3-2/h;(H2,1,2,3,4);1-2H/q+1;;/p-1. The first-order valence-electron chi connectivity index (χ1n) is 1.05. The first-order chi connectivity index (χ1) is 3.41. The van der Waals surface area contributed by atoms with Crippen molar-refractivity contribution >= 4 is 22.7 Å². The summed E-state index contributed by atoms with van der Waals surface area (Å²) >= 11 is -0.250. The maximum atomic E-state index is 8.63. The van der Waals surface area contributed by atoms with Crippen LogP contribution in [0.4, 0.5) is 0 Å². The molecule has 0 amide bonds. The van der Waals surface area contributed by atoms with Crippen molar-refractivity contribution in [2.45, 2.75) is 0 Å². The van der Waals surface area contributed by atoms with E-state index >= 15 is 0 Å². The third-order valence-electron chi connectivity index (χ3n) is 0. The molecular formula is H3NaO6S2. The van der Waals surface area contributed by atoms with Gasteiger partial charge in [-0.3, -0.25) is 4.55 Å². The predicted octanol–water partition coefficient (Wildman–Crippen LogP) is -3.33. The SMILES string of the molecule is O=S(=O)([O-])O.OSO.[Na+]. The zero-order valence-electron chi connectivity index (χ0n) is 4.38. The van der Waals surface area contributed by atoms with E-state index in [0.717, 1.165) is 0 Å². The van der Waals surface area contributed by atoms with Gasteiger partial charge in [0.15, 0.2) is 12.3 Å². The maximum Gasteiger partial charge on any atom is 1.00 e. The van der Waals surface area contributed by atoms with Crippen LogP contribution in [-0.4, -0.2) is 26.6 Å². The average molecular weight is 186 g/mol. The van der Waals surface area contributed by atoms with Crippen molar-refractivity contribution < 1.29 is 56.2 Å². The number of hydrogen-bond acceptors (Lipinski definition) is 6. The molecule has 6 nitrogen and oxygen atoms in total. The van der Waals surface area contributed by atoms with Gasteiger partial charge in [0.05, 0.1) is 0 Å². The Kier molecular flexibility index (Phi) is 16.9. The molecule has 0 aliphatic carbocycles. The van der Waals surface area contributed by atoms with E-state index in [1.165, 1.54) is 0 Å². The van der Waals surface area contributed by atoms with Crippen LogP contribution in [-0.2, 0) is 10.4 Å². The summed E-state index contributed by atoms with van der Waals surface area (Å²) in [7, 11) is -4.92. The Balaban J connectivity index is -0.0000000800. The third kappa shape index (κ3) is 359. The quantitative estimate of drug-likeness (QED) is 0.157. The van der Waals surface area contributed by atoms with E-state index in [2.05, 4.69) is 0 Å². The predicted molar refractivity (Wildman–Crippen MR) is 25.2 cm³/mol. The zero-order valence-corrected chi connectivity index (χ0v) is 8.02.